The van der Waals surface area contributed by atoms with E-state index in [0.29, 0.717) is 37.8 Å². The second-order valence-corrected chi connectivity index (χ2v) is 7.58. The number of nitrogens with two attached hydrogens (primary N) is 1. The standard InChI is InChI=1S/C17H17F6N5OS/c18-16(19,20)13-5-10(6-14(27-13)17(21,22)23)26-9-1-3-11(4-2-9)28(24)15(29)12-7-30-8-25-12/h5-9,11H,1-4,24H2,(H,26,27). The first-order valence-electron chi connectivity index (χ1n) is 8.84. The predicted octanol–water partition coefficient (Wildman–Crippen LogP) is 4.31. The molecule has 164 valence electrons. The van der Waals surface area contributed by atoms with Crippen LogP contribution in [0.15, 0.2) is 23.0 Å². The molecule has 1 aliphatic rings. The van der Waals surface area contributed by atoms with Crippen LogP contribution in [0.25, 0.3) is 0 Å². The molecule has 0 unspecified atom stereocenters. The summed E-state index contributed by atoms with van der Waals surface area (Å²) in [5.74, 6) is 5.45. The Morgan fingerprint density at radius 3 is 2.10 bits per heavy atom. The van der Waals surface area contributed by atoms with Crippen LogP contribution in [0.5, 0.6) is 0 Å². The van der Waals surface area contributed by atoms with Crippen LogP contribution >= 0.6 is 11.3 Å². The molecule has 30 heavy (non-hydrogen) atoms. The van der Waals surface area contributed by atoms with Gasteiger partial charge >= 0.3 is 12.4 Å². The van der Waals surface area contributed by atoms with E-state index in [1.807, 2.05) is 0 Å². The van der Waals surface area contributed by atoms with E-state index >= 15 is 0 Å². The number of nitrogens with zero attached hydrogens (tertiary/aromatic N) is 3. The van der Waals surface area contributed by atoms with Gasteiger partial charge < -0.3 is 5.32 Å². The molecule has 0 aromatic carbocycles. The van der Waals surface area contributed by atoms with Gasteiger partial charge in [0.1, 0.15) is 17.1 Å². The summed E-state index contributed by atoms with van der Waals surface area (Å²) in [7, 11) is 0. The van der Waals surface area contributed by atoms with E-state index in [-0.39, 0.29) is 23.5 Å². The summed E-state index contributed by atoms with van der Waals surface area (Å²) in [6.45, 7) is 0. The van der Waals surface area contributed by atoms with Gasteiger partial charge in [-0.3, -0.25) is 9.80 Å². The smallest absolute Gasteiger partial charge is 0.382 e. The number of alkyl halides is 6. The molecule has 2 aromatic heterocycles. The van der Waals surface area contributed by atoms with Crippen molar-refractivity contribution in [2.75, 3.05) is 5.32 Å². The average molecular weight is 453 g/mol. The lowest BCUT2D eigenvalue weighted by Gasteiger charge is -2.34. The number of pyridine rings is 1. The maximum Gasteiger partial charge on any atom is 0.433 e. The summed E-state index contributed by atoms with van der Waals surface area (Å²) in [5.41, 5.74) is -1.82. The molecule has 3 rings (SSSR count). The van der Waals surface area contributed by atoms with Crippen LogP contribution in [0.4, 0.5) is 32.0 Å². The fraction of sp³-hybridized carbons (Fsp3) is 0.471. The SMILES string of the molecule is NN(C(=O)c1cscn1)C1CCC(Nc2cc(C(F)(F)F)nc(C(F)(F)F)c2)CC1. The second kappa shape index (κ2) is 8.38. The average Bonchev–Trinajstić information content (AvgIpc) is 3.20. The molecule has 2 heterocycles. The van der Waals surface area contributed by atoms with E-state index in [2.05, 4.69) is 15.3 Å². The first-order valence-corrected chi connectivity index (χ1v) is 9.79. The maximum absolute atomic E-state index is 12.9. The first-order chi connectivity index (χ1) is 13.9. The lowest BCUT2D eigenvalue weighted by atomic mass is 9.90. The van der Waals surface area contributed by atoms with Crippen molar-refractivity contribution in [2.24, 2.45) is 5.84 Å². The number of aromatic nitrogens is 2. The van der Waals surface area contributed by atoms with Crippen molar-refractivity contribution in [3.05, 3.63) is 40.1 Å². The monoisotopic (exact) mass is 453 g/mol. The first kappa shape index (κ1) is 22.3. The number of anilines is 1. The highest BCUT2D eigenvalue weighted by Crippen LogP contribution is 2.36. The lowest BCUT2D eigenvalue weighted by Crippen LogP contribution is -2.48. The molecule has 2 aromatic rings. The number of hydrogen-bond acceptors (Lipinski definition) is 6. The molecule has 1 amide bonds. The van der Waals surface area contributed by atoms with Gasteiger partial charge in [-0.1, -0.05) is 0 Å². The van der Waals surface area contributed by atoms with E-state index in [4.69, 9.17) is 5.84 Å². The fourth-order valence-corrected chi connectivity index (χ4v) is 3.78. The van der Waals surface area contributed by atoms with Crippen molar-refractivity contribution in [1.29, 1.82) is 0 Å². The number of halogens is 6. The topological polar surface area (TPSA) is 84.1 Å². The van der Waals surface area contributed by atoms with Gasteiger partial charge in [-0.05, 0) is 37.8 Å². The van der Waals surface area contributed by atoms with Gasteiger partial charge in [0.15, 0.2) is 0 Å². The van der Waals surface area contributed by atoms with Crippen molar-refractivity contribution in [3.8, 4) is 0 Å². The Morgan fingerprint density at radius 1 is 1.07 bits per heavy atom. The van der Waals surface area contributed by atoms with Crippen molar-refractivity contribution < 1.29 is 31.1 Å². The van der Waals surface area contributed by atoms with Gasteiger partial charge in [-0.15, -0.1) is 11.3 Å². The number of carbonyl (C=O) groups is 1. The van der Waals surface area contributed by atoms with Gasteiger partial charge in [-0.2, -0.15) is 26.3 Å². The molecule has 0 atom stereocenters. The van der Waals surface area contributed by atoms with Gasteiger partial charge in [0.05, 0.1) is 5.51 Å². The third kappa shape index (κ3) is 5.19. The summed E-state index contributed by atoms with van der Waals surface area (Å²) in [4.78, 5) is 18.8. The maximum atomic E-state index is 12.9. The number of carbonyl (C=O) groups excluding carboxylic acids is 1. The summed E-state index contributed by atoms with van der Waals surface area (Å²) in [6, 6.07) is 0.449. The Balaban J connectivity index is 1.66. The molecule has 0 aliphatic heterocycles. The number of rotatable bonds is 4. The van der Waals surface area contributed by atoms with Crippen molar-refractivity contribution in [1.82, 2.24) is 15.0 Å². The zero-order chi connectivity index (χ0) is 22.1. The molecule has 1 fully saturated rings. The van der Waals surface area contributed by atoms with Crippen LogP contribution in [0.1, 0.15) is 47.6 Å². The van der Waals surface area contributed by atoms with Crippen molar-refractivity contribution in [3.63, 3.8) is 0 Å². The van der Waals surface area contributed by atoms with E-state index < -0.39 is 29.6 Å². The Hall–Kier alpha value is -2.41. The van der Waals surface area contributed by atoms with Crippen LogP contribution < -0.4 is 11.2 Å². The van der Waals surface area contributed by atoms with Gasteiger partial charge in [-0.25, -0.2) is 15.8 Å². The van der Waals surface area contributed by atoms with Gasteiger partial charge in [0.25, 0.3) is 5.91 Å². The number of hydrogen-bond donors (Lipinski definition) is 2. The predicted molar refractivity (Wildman–Crippen MR) is 96.4 cm³/mol. The van der Waals surface area contributed by atoms with E-state index in [9.17, 15) is 31.1 Å². The minimum absolute atomic E-state index is 0.221. The molecule has 0 radical (unpaired) electrons. The number of nitrogens with one attached hydrogen (secondary N) is 1. The third-order valence-electron chi connectivity index (χ3n) is 4.75. The van der Waals surface area contributed by atoms with E-state index in [1.165, 1.54) is 16.8 Å². The Kier molecular flexibility index (Phi) is 6.22. The summed E-state index contributed by atoms with van der Waals surface area (Å²) < 4.78 is 77.6. The highest BCUT2D eigenvalue weighted by molar-refractivity contribution is 7.07. The van der Waals surface area contributed by atoms with Crippen LogP contribution in [0.2, 0.25) is 0 Å². The Bertz CT molecular complexity index is 845. The Morgan fingerprint density at radius 2 is 1.63 bits per heavy atom. The molecule has 1 aliphatic carbocycles. The molecular formula is C17H17F6N5OS. The zero-order valence-corrected chi connectivity index (χ0v) is 16.1. The van der Waals surface area contributed by atoms with Gasteiger partial charge in [0.2, 0.25) is 0 Å². The van der Waals surface area contributed by atoms with Crippen LogP contribution in [0.3, 0.4) is 0 Å². The largest absolute Gasteiger partial charge is 0.433 e. The third-order valence-corrected chi connectivity index (χ3v) is 5.34. The molecule has 6 nitrogen and oxygen atoms in total. The molecule has 0 spiro atoms. The number of thiazole rings is 1. The number of amides is 1. The molecular weight excluding hydrogens is 436 g/mol. The molecule has 0 bridgehead atoms. The van der Waals surface area contributed by atoms with E-state index in [1.54, 1.807) is 5.38 Å². The highest BCUT2D eigenvalue weighted by Gasteiger charge is 2.39. The fourth-order valence-electron chi connectivity index (χ4n) is 3.25. The summed E-state index contributed by atoms with van der Waals surface area (Å²) in [6.07, 6.45) is -8.32. The quantitative estimate of drug-likeness (QED) is 0.312. The van der Waals surface area contributed by atoms with Gasteiger partial charge in [0, 0.05) is 23.2 Å². The Labute approximate surface area is 171 Å². The van der Waals surface area contributed by atoms with Crippen LogP contribution in [0, 0.1) is 0 Å². The summed E-state index contributed by atoms with van der Waals surface area (Å²) >= 11 is 1.25. The molecule has 1 saturated carbocycles. The molecule has 13 heteroatoms. The molecule has 0 saturated heterocycles. The van der Waals surface area contributed by atoms with E-state index in [0.717, 1.165) is 5.01 Å². The highest BCUT2D eigenvalue weighted by atomic mass is 32.1. The van der Waals surface area contributed by atoms with Crippen LogP contribution in [-0.4, -0.2) is 33.0 Å². The second-order valence-electron chi connectivity index (χ2n) is 6.86. The zero-order valence-electron chi connectivity index (χ0n) is 15.3. The summed E-state index contributed by atoms with van der Waals surface area (Å²) in [5, 5.41) is 5.38. The normalized spacial score (nSPS) is 20.1. The lowest BCUT2D eigenvalue weighted by molar-refractivity contribution is -0.150. The number of hydrazine groups is 1. The molecule has 3 N–H and O–H groups in total. The van der Waals surface area contributed by atoms with Crippen molar-refractivity contribution >= 4 is 22.9 Å². The van der Waals surface area contributed by atoms with Crippen molar-refractivity contribution in [2.45, 2.75) is 50.1 Å². The van der Waals surface area contributed by atoms with Crippen LogP contribution in [-0.2, 0) is 12.4 Å². The minimum atomic E-state index is -5.01. The minimum Gasteiger partial charge on any atom is -0.382 e.